The largest absolute Gasteiger partial charge is 0.455 e. The zero-order valence-electron chi connectivity index (χ0n) is 12.5. The lowest BCUT2D eigenvalue weighted by atomic mass is 9.86. The number of amides is 1. The van der Waals surface area contributed by atoms with Crippen molar-refractivity contribution in [3.63, 3.8) is 0 Å². The Morgan fingerprint density at radius 1 is 1.19 bits per heavy atom. The number of carbonyl (C=O) groups is 2. The Bertz CT molecular complexity index is 472. The van der Waals surface area contributed by atoms with Crippen LogP contribution in [0.1, 0.15) is 38.2 Å². The second-order valence-corrected chi connectivity index (χ2v) is 5.76. The molecule has 2 rings (SSSR count). The number of hydrogen-bond acceptors (Lipinski definition) is 3. The fourth-order valence-corrected chi connectivity index (χ4v) is 2.74. The van der Waals surface area contributed by atoms with Crippen LogP contribution in [0.25, 0.3) is 0 Å². The zero-order chi connectivity index (χ0) is 15.1. The fraction of sp³-hybridized carbons (Fsp3) is 0.529. The molecule has 1 aromatic carbocycles. The maximum Gasteiger partial charge on any atom is 0.310 e. The van der Waals surface area contributed by atoms with E-state index < -0.39 is 0 Å². The van der Waals surface area contributed by atoms with Gasteiger partial charge in [0, 0.05) is 6.04 Å². The van der Waals surface area contributed by atoms with E-state index in [1.807, 2.05) is 30.3 Å². The SMILES string of the molecule is C[C@H]1CCCC[C@@H]1NC(=O)COC(=O)Cc1ccccc1. The minimum Gasteiger partial charge on any atom is -0.455 e. The number of benzene rings is 1. The molecular formula is C17H23NO3. The highest BCUT2D eigenvalue weighted by atomic mass is 16.5. The number of rotatable bonds is 5. The van der Waals surface area contributed by atoms with Gasteiger partial charge in [-0.25, -0.2) is 0 Å². The van der Waals surface area contributed by atoms with Crippen molar-refractivity contribution in [2.24, 2.45) is 5.92 Å². The van der Waals surface area contributed by atoms with Crippen molar-refractivity contribution >= 4 is 11.9 Å². The Hall–Kier alpha value is -1.84. The number of nitrogens with one attached hydrogen (secondary N) is 1. The van der Waals surface area contributed by atoms with Crippen LogP contribution in [0.4, 0.5) is 0 Å². The van der Waals surface area contributed by atoms with E-state index in [1.165, 1.54) is 6.42 Å². The van der Waals surface area contributed by atoms with Gasteiger partial charge in [-0.3, -0.25) is 9.59 Å². The quantitative estimate of drug-likeness (QED) is 0.847. The average Bonchev–Trinajstić information content (AvgIpc) is 2.49. The summed E-state index contributed by atoms with van der Waals surface area (Å²) in [5.41, 5.74) is 0.892. The number of carbonyl (C=O) groups excluding carboxylic acids is 2. The zero-order valence-corrected chi connectivity index (χ0v) is 12.5. The highest BCUT2D eigenvalue weighted by Gasteiger charge is 2.23. The summed E-state index contributed by atoms with van der Waals surface area (Å²) in [5, 5.41) is 2.97. The van der Waals surface area contributed by atoms with Crippen LogP contribution in [-0.2, 0) is 20.7 Å². The van der Waals surface area contributed by atoms with E-state index in [9.17, 15) is 9.59 Å². The van der Waals surface area contributed by atoms with Crippen molar-refractivity contribution in [2.75, 3.05) is 6.61 Å². The van der Waals surface area contributed by atoms with E-state index in [1.54, 1.807) is 0 Å². The predicted octanol–water partition coefficient (Wildman–Crippen LogP) is 2.47. The smallest absolute Gasteiger partial charge is 0.310 e. The number of ether oxygens (including phenoxy) is 1. The maximum atomic E-state index is 11.8. The molecule has 4 nitrogen and oxygen atoms in total. The van der Waals surface area contributed by atoms with Crippen molar-refractivity contribution < 1.29 is 14.3 Å². The van der Waals surface area contributed by atoms with Gasteiger partial charge >= 0.3 is 5.97 Å². The van der Waals surface area contributed by atoms with Crippen LogP contribution in [0.3, 0.4) is 0 Å². The lowest BCUT2D eigenvalue weighted by molar-refractivity contribution is -0.148. The van der Waals surface area contributed by atoms with Crippen LogP contribution >= 0.6 is 0 Å². The highest BCUT2D eigenvalue weighted by Crippen LogP contribution is 2.23. The van der Waals surface area contributed by atoms with E-state index in [0.717, 1.165) is 24.8 Å². The molecule has 0 bridgehead atoms. The van der Waals surface area contributed by atoms with Crippen molar-refractivity contribution in [1.29, 1.82) is 0 Å². The Morgan fingerprint density at radius 3 is 2.62 bits per heavy atom. The van der Waals surface area contributed by atoms with Gasteiger partial charge in [-0.1, -0.05) is 50.1 Å². The second kappa shape index (κ2) is 7.81. The molecule has 21 heavy (non-hydrogen) atoms. The predicted molar refractivity (Wildman–Crippen MR) is 80.7 cm³/mol. The number of hydrogen-bond donors (Lipinski definition) is 1. The highest BCUT2D eigenvalue weighted by molar-refractivity contribution is 5.81. The molecule has 1 saturated carbocycles. The summed E-state index contributed by atoms with van der Waals surface area (Å²) in [4.78, 5) is 23.5. The summed E-state index contributed by atoms with van der Waals surface area (Å²) < 4.78 is 5.03. The molecule has 0 radical (unpaired) electrons. The summed E-state index contributed by atoms with van der Waals surface area (Å²) in [6, 6.07) is 9.60. The third-order valence-corrected chi connectivity index (χ3v) is 4.01. The van der Waals surface area contributed by atoms with Crippen LogP contribution < -0.4 is 5.32 Å². The van der Waals surface area contributed by atoms with Crippen LogP contribution in [0.2, 0.25) is 0 Å². The van der Waals surface area contributed by atoms with Crippen molar-refractivity contribution in [2.45, 2.75) is 45.1 Å². The summed E-state index contributed by atoms with van der Waals surface area (Å²) in [7, 11) is 0. The molecule has 0 aromatic heterocycles. The number of esters is 1. The van der Waals surface area contributed by atoms with E-state index >= 15 is 0 Å². The lowest BCUT2D eigenvalue weighted by Crippen LogP contribution is -2.42. The molecule has 1 aliphatic carbocycles. The van der Waals surface area contributed by atoms with Gasteiger partial charge in [0.15, 0.2) is 6.61 Å². The molecule has 1 fully saturated rings. The normalized spacial score (nSPS) is 21.6. The van der Waals surface area contributed by atoms with Crippen molar-refractivity contribution in [1.82, 2.24) is 5.32 Å². The summed E-state index contributed by atoms with van der Waals surface area (Å²) in [6.07, 6.45) is 4.76. The first-order valence-electron chi connectivity index (χ1n) is 7.64. The van der Waals surface area contributed by atoms with E-state index in [2.05, 4.69) is 12.2 Å². The third kappa shape index (κ3) is 5.21. The van der Waals surface area contributed by atoms with Gasteiger partial charge < -0.3 is 10.1 Å². The van der Waals surface area contributed by atoms with Crippen LogP contribution in [0.15, 0.2) is 30.3 Å². The minimum absolute atomic E-state index is 0.186. The molecule has 0 spiro atoms. The topological polar surface area (TPSA) is 55.4 Å². The van der Waals surface area contributed by atoms with Gasteiger partial charge in [0.1, 0.15) is 0 Å². The van der Waals surface area contributed by atoms with Gasteiger partial charge in [0.05, 0.1) is 6.42 Å². The molecular weight excluding hydrogens is 266 g/mol. The second-order valence-electron chi connectivity index (χ2n) is 5.76. The van der Waals surface area contributed by atoms with Gasteiger partial charge in [-0.05, 0) is 24.3 Å². The molecule has 114 valence electrons. The summed E-state index contributed by atoms with van der Waals surface area (Å²) in [5.74, 6) is -0.0640. The molecule has 0 saturated heterocycles. The van der Waals surface area contributed by atoms with Gasteiger partial charge in [0.2, 0.25) is 0 Å². The Morgan fingerprint density at radius 2 is 1.90 bits per heavy atom. The third-order valence-electron chi connectivity index (χ3n) is 4.01. The molecule has 0 heterocycles. The Labute approximate surface area is 125 Å². The molecule has 1 aromatic rings. The molecule has 2 atom stereocenters. The molecule has 0 unspecified atom stereocenters. The van der Waals surface area contributed by atoms with E-state index in [0.29, 0.717) is 5.92 Å². The maximum absolute atomic E-state index is 11.8. The van der Waals surface area contributed by atoms with Crippen molar-refractivity contribution in [3.05, 3.63) is 35.9 Å². The van der Waals surface area contributed by atoms with Crippen molar-refractivity contribution in [3.8, 4) is 0 Å². The van der Waals surface area contributed by atoms with E-state index in [-0.39, 0.29) is 30.9 Å². The summed E-state index contributed by atoms with van der Waals surface area (Å²) >= 11 is 0. The molecule has 4 heteroatoms. The van der Waals surface area contributed by atoms with Crippen LogP contribution in [0.5, 0.6) is 0 Å². The first-order valence-corrected chi connectivity index (χ1v) is 7.64. The van der Waals surface area contributed by atoms with Gasteiger partial charge in [0.25, 0.3) is 5.91 Å². The minimum atomic E-state index is -0.368. The van der Waals surface area contributed by atoms with Crippen LogP contribution in [0, 0.1) is 5.92 Å². The molecule has 1 aliphatic rings. The first-order chi connectivity index (χ1) is 10.1. The molecule has 0 aliphatic heterocycles. The average molecular weight is 289 g/mol. The molecule has 1 amide bonds. The Balaban J connectivity index is 1.69. The van der Waals surface area contributed by atoms with E-state index in [4.69, 9.17) is 4.74 Å². The Kier molecular flexibility index (Phi) is 5.78. The molecule has 1 N–H and O–H groups in total. The van der Waals surface area contributed by atoms with Gasteiger partial charge in [-0.15, -0.1) is 0 Å². The first kappa shape index (κ1) is 15.5. The van der Waals surface area contributed by atoms with Crippen LogP contribution in [-0.4, -0.2) is 24.5 Å². The monoisotopic (exact) mass is 289 g/mol. The lowest BCUT2D eigenvalue weighted by Gasteiger charge is -2.29. The van der Waals surface area contributed by atoms with Gasteiger partial charge in [-0.2, -0.15) is 0 Å². The standard InChI is InChI=1S/C17H23NO3/c1-13-7-5-6-10-15(13)18-16(19)12-21-17(20)11-14-8-3-2-4-9-14/h2-4,8-9,13,15H,5-7,10-12H2,1H3,(H,18,19)/t13-,15-/m0/s1. The fourth-order valence-electron chi connectivity index (χ4n) is 2.74. The summed E-state index contributed by atoms with van der Waals surface area (Å²) in [6.45, 7) is 1.97.